The Kier molecular flexibility index (Phi) is 5.76. The number of benzene rings is 2. The minimum absolute atomic E-state index is 0.121. The molecule has 0 atom stereocenters. The summed E-state index contributed by atoms with van der Waals surface area (Å²) in [5, 5.41) is 5.19. The van der Waals surface area contributed by atoms with E-state index in [9.17, 15) is 13.2 Å². The second-order valence-corrected chi connectivity index (χ2v) is 7.92. The second kappa shape index (κ2) is 8.07. The van der Waals surface area contributed by atoms with Gasteiger partial charge < -0.3 is 19.3 Å². The van der Waals surface area contributed by atoms with Crippen LogP contribution in [0.15, 0.2) is 47.4 Å². The molecule has 1 heterocycles. The van der Waals surface area contributed by atoms with Crippen LogP contribution >= 0.6 is 0 Å². The number of carbonyl (C=O) groups is 1. The van der Waals surface area contributed by atoms with Crippen molar-refractivity contribution < 1.29 is 22.7 Å². The molecule has 1 aliphatic rings. The van der Waals surface area contributed by atoms with Crippen LogP contribution in [0.1, 0.15) is 10.4 Å². The fraction of sp³-hybridized carbons (Fsp3) is 0.316. The van der Waals surface area contributed by atoms with Crippen LogP contribution in [0.25, 0.3) is 0 Å². The Hall–Kier alpha value is -2.78. The fourth-order valence-electron chi connectivity index (χ4n) is 3.24. The van der Waals surface area contributed by atoms with E-state index in [2.05, 4.69) is 4.90 Å². The van der Waals surface area contributed by atoms with E-state index in [1.54, 1.807) is 12.0 Å². The van der Waals surface area contributed by atoms with Gasteiger partial charge in [0.25, 0.3) is 5.91 Å². The maximum absolute atomic E-state index is 13.0. The average Bonchev–Trinajstić information content (AvgIpc) is 2.72. The first-order chi connectivity index (χ1) is 13.3. The molecule has 2 aromatic rings. The smallest absolute Gasteiger partial charge is 0.257 e. The zero-order valence-corrected chi connectivity index (χ0v) is 16.6. The fourth-order valence-corrected chi connectivity index (χ4v) is 3.78. The Morgan fingerprint density at radius 3 is 2.21 bits per heavy atom. The Bertz CT molecular complexity index is 969. The highest BCUT2D eigenvalue weighted by Gasteiger charge is 2.26. The number of hydrogen-bond donors (Lipinski definition) is 1. The maximum Gasteiger partial charge on any atom is 0.257 e. The number of sulfonamides is 1. The monoisotopic (exact) mass is 405 g/mol. The molecule has 1 aliphatic heterocycles. The molecule has 3 rings (SSSR count). The average molecular weight is 405 g/mol. The molecule has 0 saturated carbocycles. The van der Waals surface area contributed by atoms with Gasteiger partial charge in [0.15, 0.2) is 0 Å². The lowest BCUT2D eigenvalue weighted by Crippen LogP contribution is -2.49. The number of piperazine rings is 1. The molecule has 0 radical (unpaired) electrons. The summed E-state index contributed by atoms with van der Waals surface area (Å²) in [7, 11) is -0.854. The molecule has 8 nitrogen and oxygen atoms in total. The lowest BCUT2D eigenvalue weighted by Gasteiger charge is -2.36. The summed E-state index contributed by atoms with van der Waals surface area (Å²) in [6, 6.07) is 11.8. The number of primary sulfonamides is 1. The van der Waals surface area contributed by atoms with Gasteiger partial charge in [-0.3, -0.25) is 4.79 Å². The van der Waals surface area contributed by atoms with Gasteiger partial charge in [0.05, 0.1) is 30.4 Å². The number of amides is 1. The number of methoxy groups -OCH3 is 2. The summed E-state index contributed by atoms with van der Waals surface area (Å²) >= 11 is 0. The summed E-state index contributed by atoms with van der Waals surface area (Å²) in [5.41, 5.74) is 1.16. The highest BCUT2D eigenvalue weighted by Crippen LogP contribution is 2.29. The minimum atomic E-state index is -3.92. The SMILES string of the molecule is COc1ccc(S(N)(=O)=O)cc1C(=O)N1CCN(c2ccccc2OC)CC1. The third kappa shape index (κ3) is 4.05. The van der Waals surface area contributed by atoms with Gasteiger partial charge >= 0.3 is 0 Å². The van der Waals surface area contributed by atoms with E-state index in [4.69, 9.17) is 14.6 Å². The van der Waals surface area contributed by atoms with Gasteiger partial charge in [0, 0.05) is 26.2 Å². The number of hydrogen-bond acceptors (Lipinski definition) is 6. The van der Waals surface area contributed by atoms with E-state index in [1.807, 2.05) is 24.3 Å². The molecule has 1 saturated heterocycles. The van der Waals surface area contributed by atoms with Gasteiger partial charge in [-0.2, -0.15) is 0 Å². The summed E-state index contributed by atoms with van der Waals surface area (Å²) < 4.78 is 33.9. The van der Waals surface area contributed by atoms with Crippen molar-refractivity contribution in [2.45, 2.75) is 4.90 Å². The number of carbonyl (C=O) groups excluding carboxylic acids is 1. The van der Waals surface area contributed by atoms with Crippen molar-refractivity contribution in [2.75, 3.05) is 45.3 Å². The van der Waals surface area contributed by atoms with E-state index >= 15 is 0 Å². The molecule has 1 amide bonds. The van der Waals surface area contributed by atoms with E-state index in [0.29, 0.717) is 31.9 Å². The third-order valence-corrected chi connectivity index (χ3v) is 5.63. The molecule has 2 aromatic carbocycles. The van der Waals surface area contributed by atoms with Crippen LogP contribution < -0.4 is 19.5 Å². The highest BCUT2D eigenvalue weighted by atomic mass is 32.2. The number of anilines is 1. The zero-order valence-electron chi connectivity index (χ0n) is 15.8. The molecule has 9 heteroatoms. The number of nitrogens with two attached hydrogens (primary N) is 1. The van der Waals surface area contributed by atoms with Crippen molar-refractivity contribution in [3.63, 3.8) is 0 Å². The summed E-state index contributed by atoms with van der Waals surface area (Å²) in [6.45, 7) is 2.23. The highest BCUT2D eigenvalue weighted by molar-refractivity contribution is 7.89. The van der Waals surface area contributed by atoms with Crippen LogP contribution in [0.4, 0.5) is 5.69 Å². The molecular weight excluding hydrogens is 382 g/mol. The van der Waals surface area contributed by atoms with Gasteiger partial charge in [-0.25, -0.2) is 13.6 Å². The molecule has 0 bridgehead atoms. The maximum atomic E-state index is 13.0. The van der Waals surface area contributed by atoms with Crippen molar-refractivity contribution in [3.8, 4) is 11.5 Å². The van der Waals surface area contributed by atoms with Crippen LogP contribution in [0.3, 0.4) is 0 Å². The topological polar surface area (TPSA) is 102 Å². The van der Waals surface area contributed by atoms with Crippen LogP contribution in [0.2, 0.25) is 0 Å². The summed E-state index contributed by atoms with van der Waals surface area (Å²) in [6.07, 6.45) is 0. The number of para-hydroxylation sites is 2. The van der Waals surface area contributed by atoms with Crippen LogP contribution in [0.5, 0.6) is 11.5 Å². The van der Waals surface area contributed by atoms with Gasteiger partial charge in [0.2, 0.25) is 10.0 Å². The number of rotatable bonds is 5. The zero-order chi connectivity index (χ0) is 20.3. The van der Waals surface area contributed by atoms with Crippen molar-refractivity contribution >= 4 is 21.6 Å². The normalized spacial score (nSPS) is 14.7. The first kappa shape index (κ1) is 20.0. The van der Waals surface area contributed by atoms with Crippen molar-refractivity contribution in [1.82, 2.24) is 4.90 Å². The lowest BCUT2D eigenvalue weighted by molar-refractivity contribution is 0.0743. The molecule has 0 aromatic heterocycles. The largest absolute Gasteiger partial charge is 0.496 e. The van der Waals surface area contributed by atoms with E-state index in [-0.39, 0.29) is 16.4 Å². The van der Waals surface area contributed by atoms with Crippen molar-refractivity contribution in [1.29, 1.82) is 0 Å². The third-order valence-electron chi connectivity index (χ3n) is 4.72. The molecule has 2 N–H and O–H groups in total. The molecule has 0 spiro atoms. The first-order valence-electron chi connectivity index (χ1n) is 8.73. The van der Waals surface area contributed by atoms with Gasteiger partial charge in [-0.15, -0.1) is 0 Å². The van der Waals surface area contributed by atoms with E-state index in [1.165, 1.54) is 25.3 Å². The predicted octanol–water partition coefficient (Wildman–Crippen LogP) is 1.31. The number of nitrogens with zero attached hydrogens (tertiary/aromatic N) is 2. The molecule has 150 valence electrons. The molecule has 1 fully saturated rings. The molecule has 28 heavy (non-hydrogen) atoms. The Morgan fingerprint density at radius 1 is 0.964 bits per heavy atom. The Labute approximate surface area is 164 Å². The van der Waals surface area contributed by atoms with Gasteiger partial charge in [-0.05, 0) is 30.3 Å². The summed E-state index contributed by atoms with van der Waals surface area (Å²) in [4.78, 5) is 16.7. The quantitative estimate of drug-likeness (QED) is 0.805. The minimum Gasteiger partial charge on any atom is -0.496 e. The molecule has 0 unspecified atom stereocenters. The number of ether oxygens (including phenoxy) is 2. The first-order valence-corrected chi connectivity index (χ1v) is 10.3. The van der Waals surface area contributed by atoms with Gasteiger partial charge in [0.1, 0.15) is 11.5 Å². The Balaban J connectivity index is 1.79. The van der Waals surface area contributed by atoms with Crippen LogP contribution in [-0.2, 0) is 10.0 Å². The van der Waals surface area contributed by atoms with Gasteiger partial charge in [-0.1, -0.05) is 12.1 Å². The van der Waals surface area contributed by atoms with Crippen molar-refractivity contribution in [3.05, 3.63) is 48.0 Å². The van der Waals surface area contributed by atoms with Crippen molar-refractivity contribution in [2.24, 2.45) is 5.14 Å². The van der Waals surface area contributed by atoms with Crippen LogP contribution in [-0.4, -0.2) is 59.6 Å². The van der Waals surface area contributed by atoms with E-state index < -0.39 is 10.0 Å². The lowest BCUT2D eigenvalue weighted by atomic mass is 10.1. The predicted molar refractivity (Wildman–Crippen MR) is 105 cm³/mol. The van der Waals surface area contributed by atoms with E-state index in [0.717, 1.165) is 11.4 Å². The standard InChI is InChI=1S/C19H23N3O5S/c1-26-17-8-7-14(28(20,24)25)13-15(17)19(23)22-11-9-21(10-12-22)16-5-3-4-6-18(16)27-2/h3-8,13H,9-12H2,1-2H3,(H2,20,24,25). The second-order valence-electron chi connectivity index (χ2n) is 6.36. The summed E-state index contributed by atoms with van der Waals surface area (Å²) in [5.74, 6) is 0.802. The Morgan fingerprint density at radius 2 is 1.61 bits per heavy atom. The molecular formula is C19H23N3O5S. The van der Waals surface area contributed by atoms with Crippen LogP contribution in [0, 0.1) is 0 Å². The molecule has 0 aliphatic carbocycles.